The molecule has 0 N–H and O–H groups in total. The van der Waals surface area contributed by atoms with Gasteiger partial charge in [0.1, 0.15) is 0 Å². The maximum absolute atomic E-state index is 6.11. The van der Waals surface area contributed by atoms with E-state index >= 15 is 0 Å². The second-order valence-corrected chi connectivity index (χ2v) is 5.83. The molecule has 2 aromatic heterocycles. The van der Waals surface area contributed by atoms with Gasteiger partial charge in [0.15, 0.2) is 0 Å². The van der Waals surface area contributed by atoms with E-state index in [1.165, 1.54) is 21.7 Å². The Balaban J connectivity index is 2.35. The molecule has 0 spiro atoms. The number of benzene rings is 2. The summed E-state index contributed by atoms with van der Waals surface area (Å²) in [6.07, 6.45) is 1.96. The lowest BCUT2D eigenvalue weighted by Crippen LogP contribution is -1.82. The molecule has 0 radical (unpaired) electrons. The molecule has 0 saturated heterocycles. The molecule has 0 atom stereocenters. The Bertz CT molecular complexity index is 940. The Hall–Kier alpha value is -1.51. The average molecular weight is 331 g/mol. The number of hydrogen-bond acceptors (Lipinski definition) is 0. The molecule has 0 aliphatic rings. The number of rotatable bonds is 0. The van der Waals surface area contributed by atoms with Crippen molar-refractivity contribution in [1.82, 2.24) is 4.40 Å². The normalized spacial score (nSPS) is 11.7. The lowest BCUT2D eigenvalue weighted by molar-refractivity contribution is 1.25. The minimum atomic E-state index is 0.741. The fourth-order valence-electron chi connectivity index (χ4n) is 2.67. The average Bonchev–Trinajstić information content (AvgIpc) is 2.72. The van der Waals surface area contributed by atoms with Crippen molar-refractivity contribution in [3.63, 3.8) is 0 Å². The second-order valence-electron chi connectivity index (χ2n) is 4.60. The van der Waals surface area contributed by atoms with Crippen LogP contribution in [0.1, 0.15) is 0 Å². The molecule has 0 aliphatic carbocycles. The van der Waals surface area contributed by atoms with Gasteiger partial charge < -0.3 is 4.40 Å². The monoisotopic (exact) mass is 329 g/mol. The molecule has 19 heavy (non-hydrogen) atoms. The van der Waals surface area contributed by atoms with Crippen LogP contribution in [0.4, 0.5) is 0 Å². The van der Waals surface area contributed by atoms with E-state index in [1.54, 1.807) is 0 Å². The van der Waals surface area contributed by atoms with E-state index in [2.05, 4.69) is 56.7 Å². The third-order valence-electron chi connectivity index (χ3n) is 3.52. The minimum Gasteiger partial charge on any atom is -0.314 e. The lowest BCUT2D eigenvalue weighted by atomic mass is 10.1. The van der Waals surface area contributed by atoms with Crippen LogP contribution in [0.15, 0.2) is 59.2 Å². The molecular weight excluding hydrogens is 322 g/mol. The van der Waals surface area contributed by atoms with Crippen molar-refractivity contribution in [3.8, 4) is 0 Å². The molecule has 1 nitrogen and oxygen atoms in total. The number of halogens is 2. The zero-order chi connectivity index (χ0) is 13.0. The Morgan fingerprint density at radius 1 is 0.895 bits per heavy atom. The fraction of sp³-hybridized carbons (Fsp3) is 0. The third-order valence-corrected chi connectivity index (χ3v) is 4.55. The van der Waals surface area contributed by atoms with Crippen LogP contribution in [0.25, 0.3) is 27.2 Å². The van der Waals surface area contributed by atoms with Crippen LogP contribution in [0.3, 0.4) is 0 Å². The first-order chi connectivity index (χ1) is 9.25. The Labute approximate surface area is 123 Å². The molecule has 4 aromatic rings. The predicted molar refractivity (Wildman–Crippen MR) is 85.1 cm³/mol. The third kappa shape index (κ3) is 1.54. The number of hydrogen-bond donors (Lipinski definition) is 0. The van der Waals surface area contributed by atoms with Crippen molar-refractivity contribution >= 4 is 54.7 Å². The standard InChI is InChI=1S/C16H9BrClN/c17-16-14-8-6-11(18)9-19(14)13-7-5-10-3-1-2-4-12(10)15(13)16/h1-9H. The lowest BCUT2D eigenvalue weighted by Gasteiger charge is -2.00. The van der Waals surface area contributed by atoms with Crippen LogP contribution in [-0.2, 0) is 0 Å². The molecule has 3 heteroatoms. The van der Waals surface area contributed by atoms with Crippen molar-refractivity contribution in [2.24, 2.45) is 0 Å². The fourth-order valence-corrected chi connectivity index (χ4v) is 3.57. The van der Waals surface area contributed by atoms with E-state index in [9.17, 15) is 0 Å². The van der Waals surface area contributed by atoms with Gasteiger partial charge in [-0.1, -0.05) is 41.9 Å². The summed E-state index contributed by atoms with van der Waals surface area (Å²) in [5, 5.41) is 4.48. The van der Waals surface area contributed by atoms with Gasteiger partial charge in [0, 0.05) is 11.6 Å². The summed E-state index contributed by atoms with van der Waals surface area (Å²) in [6.45, 7) is 0. The molecule has 92 valence electrons. The number of aromatic nitrogens is 1. The SMILES string of the molecule is Clc1ccc2c(Br)c3c4ccccc4ccc3n2c1. The van der Waals surface area contributed by atoms with Crippen molar-refractivity contribution in [2.75, 3.05) is 0 Å². The first-order valence-corrected chi connectivity index (χ1v) is 7.19. The van der Waals surface area contributed by atoms with Crippen LogP contribution in [0.5, 0.6) is 0 Å². The maximum atomic E-state index is 6.11. The molecule has 0 bridgehead atoms. The Morgan fingerprint density at radius 2 is 1.68 bits per heavy atom. The quantitative estimate of drug-likeness (QED) is 0.392. The van der Waals surface area contributed by atoms with Crippen LogP contribution >= 0.6 is 27.5 Å². The summed E-state index contributed by atoms with van der Waals surface area (Å²) in [4.78, 5) is 0. The highest BCUT2D eigenvalue weighted by Crippen LogP contribution is 2.37. The number of fused-ring (bicyclic) bond motifs is 5. The largest absolute Gasteiger partial charge is 0.314 e. The van der Waals surface area contributed by atoms with Gasteiger partial charge in [-0.05, 0) is 44.9 Å². The maximum Gasteiger partial charge on any atom is 0.0606 e. The van der Waals surface area contributed by atoms with Crippen molar-refractivity contribution in [3.05, 3.63) is 64.2 Å². The second kappa shape index (κ2) is 3.99. The Kier molecular flexibility index (Phi) is 2.38. The minimum absolute atomic E-state index is 0.741. The molecule has 0 fully saturated rings. The van der Waals surface area contributed by atoms with Gasteiger partial charge in [-0.2, -0.15) is 0 Å². The zero-order valence-electron chi connectivity index (χ0n) is 9.90. The summed E-state index contributed by atoms with van der Waals surface area (Å²) >= 11 is 9.84. The van der Waals surface area contributed by atoms with Crippen LogP contribution in [0.2, 0.25) is 5.02 Å². The topological polar surface area (TPSA) is 4.41 Å². The van der Waals surface area contributed by atoms with Crippen molar-refractivity contribution in [1.29, 1.82) is 0 Å². The van der Waals surface area contributed by atoms with E-state index in [4.69, 9.17) is 11.6 Å². The highest BCUT2D eigenvalue weighted by molar-refractivity contribution is 9.10. The molecule has 0 aliphatic heterocycles. The molecule has 2 heterocycles. The number of nitrogens with zero attached hydrogens (tertiary/aromatic N) is 1. The van der Waals surface area contributed by atoms with Crippen molar-refractivity contribution in [2.45, 2.75) is 0 Å². The van der Waals surface area contributed by atoms with Crippen LogP contribution < -0.4 is 0 Å². The van der Waals surface area contributed by atoms with E-state index in [-0.39, 0.29) is 0 Å². The first-order valence-electron chi connectivity index (χ1n) is 6.02. The highest BCUT2D eigenvalue weighted by Gasteiger charge is 2.12. The summed E-state index contributed by atoms with van der Waals surface area (Å²) in [5.41, 5.74) is 2.30. The van der Waals surface area contributed by atoms with E-state index in [0.717, 1.165) is 15.0 Å². The summed E-state index contributed by atoms with van der Waals surface area (Å²) in [6, 6.07) is 16.7. The first kappa shape index (κ1) is 11.3. The smallest absolute Gasteiger partial charge is 0.0606 e. The van der Waals surface area contributed by atoms with Gasteiger partial charge in [0.25, 0.3) is 0 Å². The van der Waals surface area contributed by atoms with Crippen LogP contribution in [0, 0.1) is 0 Å². The predicted octanol–water partition coefficient (Wildman–Crippen LogP) is 5.66. The van der Waals surface area contributed by atoms with E-state index in [0.29, 0.717) is 0 Å². The zero-order valence-corrected chi connectivity index (χ0v) is 12.2. The van der Waals surface area contributed by atoms with Gasteiger partial charge in [-0.25, -0.2) is 0 Å². The van der Waals surface area contributed by atoms with Gasteiger partial charge in [-0.15, -0.1) is 0 Å². The van der Waals surface area contributed by atoms with Gasteiger partial charge in [-0.3, -0.25) is 0 Å². The van der Waals surface area contributed by atoms with Crippen LogP contribution in [-0.4, -0.2) is 4.40 Å². The molecule has 0 unspecified atom stereocenters. The molecule has 4 rings (SSSR count). The summed E-state index contributed by atoms with van der Waals surface area (Å²) < 4.78 is 3.25. The molecule has 0 amide bonds. The number of pyridine rings is 1. The van der Waals surface area contributed by atoms with Gasteiger partial charge in [0.05, 0.1) is 20.5 Å². The van der Waals surface area contributed by atoms with E-state index in [1.807, 2.05) is 18.3 Å². The summed E-state index contributed by atoms with van der Waals surface area (Å²) in [5.74, 6) is 0. The van der Waals surface area contributed by atoms with Gasteiger partial charge in [0.2, 0.25) is 0 Å². The summed E-state index contributed by atoms with van der Waals surface area (Å²) in [7, 11) is 0. The Morgan fingerprint density at radius 3 is 2.58 bits per heavy atom. The van der Waals surface area contributed by atoms with Crippen molar-refractivity contribution < 1.29 is 0 Å². The highest BCUT2D eigenvalue weighted by atomic mass is 79.9. The molecule has 0 saturated carbocycles. The van der Waals surface area contributed by atoms with E-state index < -0.39 is 0 Å². The van der Waals surface area contributed by atoms with Gasteiger partial charge >= 0.3 is 0 Å². The molecular formula is C16H9BrClN. The molecule has 2 aromatic carbocycles.